The van der Waals surface area contributed by atoms with E-state index in [9.17, 15) is 0 Å². The molecule has 66 valence electrons. The van der Waals surface area contributed by atoms with Crippen LogP contribution in [0.15, 0.2) is 30.3 Å². The zero-order chi connectivity index (χ0) is 8.81. The maximum Gasteiger partial charge on any atom is 0.207 e. The van der Waals surface area contributed by atoms with Gasteiger partial charge in [0.1, 0.15) is 0 Å². The van der Waals surface area contributed by atoms with Gasteiger partial charge in [-0.2, -0.15) is 0 Å². The van der Waals surface area contributed by atoms with Crippen molar-refractivity contribution in [2.45, 2.75) is 19.4 Å². The maximum atomic E-state index is 5.52. The summed E-state index contributed by atoms with van der Waals surface area (Å²) in [6, 6.07) is 11.8. The highest BCUT2D eigenvalue weighted by Gasteiger charge is 2.10. The van der Waals surface area contributed by atoms with Crippen LogP contribution in [-0.2, 0) is 4.43 Å². The van der Waals surface area contributed by atoms with Crippen LogP contribution in [0.1, 0.15) is 13.3 Å². The van der Waals surface area contributed by atoms with Gasteiger partial charge >= 0.3 is 0 Å². The van der Waals surface area contributed by atoms with Crippen molar-refractivity contribution in [3.8, 4) is 0 Å². The fraction of sp³-hybridized carbons (Fsp3) is 0.400. The van der Waals surface area contributed by atoms with Gasteiger partial charge in [0, 0.05) is 7.11 Å². The van der Waals surface area contributed by atoms with Crippen molar-refractivity contribution in [3.63, 3.8) is 0 Å². The molecule has 0 amide bonds. The van der Waals surface area contributed by atoms with Gasteiger partial charge in [0.15, 0.2) is 0 Å². The van der Waals surface area contributed by atoms with Crippen molar-refractivity contribution in [3.05, 3.63) is 30.3 Å². The van der Waals surface area contributed by atoms with Crippen molar-refractivity contribution in [1.82, 2.24) is 0 Å². The molecule has 0 N–H and O–H groups in total. The molecule has 1 aromatic rings. The molecule has 0 heterocycles. The maximum absolute atomic E-state index is 5.52. The summed E-state index contributed by atoms with van der Waals surface area (Å²) < 4.78 is 5.52. The lowest BCUT2D eigenvalue weighted by Gasteiger charge is -2.11. The minimum atomic E-state index is -1.07. The Balaban J connectivity index is 2.66. The molecule has 1 aromatic carbocycles. The summed E-state index contributed by atoms with van der Waals surface area (Å²) in [4.78, 5) is 0. The van der Waals surface area contributed by atoms with E-state index in [0.717, 1.165) is 0 Å². The van der Waals surface area contributed by atoms with Crippen molar-refractivity contribution >= 4 is 14.2 Å². The van der Waals surface area contributed by atoms with E-state index in [1.807, 2.05) is 7.11 Å². The van der Waals surface area contributed by atoms with Crippen LogP contribution < -0.4 is 5.19 Å². The topological polar surface area (TPSA) is 9.23 Å². The molecule has 0 aliphatic rings. The molecule has 0 saturated heterocycles. The molecule has 12 heavy (non-hydrogen) atoms. The molecule has 0 aromatic heterocycles. The molecule has 1 unspecified atom stereocenters. The average molecular weight is 180 g/mol. The first-order valence-corrected chi connectivity index (χ1v) is 6.32. The first-order chi connectivity index (χ1) is 5.88. The molecule has 1 nitrogen and oxygen atoms in total. The van der Waals surface area contributed by atoms with E-state index in [0.29, 0.717) is 0 Å². The van der Waals surface area contributed by atoms with E-state index >= 15 is 0 Å². The molecular formula is C10H16OSi. The van der Waals surface area contributed by atoms with Crippen molar-refractivity contribution < 1.29 is 4.43 Å². The lowest BCUT2D eigenvalue weighted by atomic mass is 10.4. The van der Waals surface area contributed by atoms with E-state index in [-0.39, 0.29) is 0 Å². The van der Waals surface area contributed by atoms with E-state index in [2.05, 4.69) is 37.3 Å². The summed E-state index contributed by atoms with van der Waals surface area (Å²) in [5, 5.41) is 1.42. The van der Waals surface area contributed by atoms with Gasteiger partial charge in [0.2, 0.25) is 9.04 Å². The van der Waals surface area contributed by atoms with E-state index in [1.54, 1.807) is 0 Å². The lowest BCUT2D eigenvalue weighted by Crippen LogP contribution is -2.31. The average Bonchev–Trinajstić information content (AvgIpc) is 2.15. The SMILES string of the molecule is CCC[SiH](OC)c1ccccc1. The van der Waals surface area contributed by atoms with Crippen LogP contribution in [0.4, 0.5) is 0 Å². The molecule has 0 fully saturated rings. The third-order valence-corrected chi connectivity index (χ3v) is 4.81. The second kappa shape index (κ2) is 5.12. The number of hydrogen-bond donors (Lipinski definition) is 0. The smallest absolute Gasteiger partial charge is 0.207 e. The summed E-state index contributed by atoms with van der Waals surface area (Å²) in [6.45, 7) is 2.21. The Bertz CT molecular complexity index is 210. The highest BCUT2D eigenvalue weighted by molar-refractivity contribution is 6.67. The van der Waals surface area contributed by atoms with Crippen LogP contribution >= 0.6 is 0 Å². The van der Waals surface area contributed by atoms with Crippen LogP contribution in [0, 0.1) is 0 Å². The van der Waals surface area contributed by atoms with Crippen LogP contribution in [-0.4, -0.2) is 16.2 Å². The highest BCUT2D eigenvalue weighted by Crippen LogP contribution is 1.98. The second-order valence-corrected chi connectivity index (χ2v) is 5.62. The Morgan fingerprint density at radius 3 is 2.42 bits per heavy atom. The molecule has 1 rings (SSSR count). The predicted octanol–water partition coefficient (Wildman–Crippen LogP) is 1.67. The monoisotopic (exact) mass is 180 g/mol. The van der Waals surface area contributed by atoms with Crippen molar-refractivity contribution in [2.24, 2.45) is 0 Å². The normalized spacial score (nSPS) is 12.8. The van der Waals surface area contributed by atoms with E-state index < -0.39 is 9.04 Å². The largest absolute Gasteiger partial charge is 0.418 e. The molecule has 0 saturated carbocycles. The quantitative estimate of drug-likeness (QED) is 0.641. The van der Waals surface area contributed by atoms with Crippen LogP contribution in [0.5, 0.6) is 0 Å². The van der Waals surface area contributed by atoms with Crippen molar-refractivity contribution in [2.75, 3.05) is 7.11 Å². The molecule has 1 atom stereocenters. The summed E-state index contributed by atoms with van der Waals surface area (Å²) in [5.41, 5.74) is 0. The van der Waals surface area contributed by atoms with Gasteiger partial charge in [-0.15, -0.1) is 0 Å². The number of rotatable bonds is 4. The standard InChI is InChI=1S/C10H16OSi/c1-3-9-12(11-2)10-7-5-4-6-8-10/h4-8,12H,3,9H2,1-2H3. The Labute approximate surface area is 76.1 Å². The Morgan fingerprint density at radius 2 is 1.92 bits per heavy atom. The first kappa shape index (κ1) is 9.48. The minimum Gasteiger partial charge on any atom is -0.418 e. The summed E-state index contributed by atoms with van der Waals surface area (Å²) >= 11 is 0. The zero-order valence-corrected chi connectivity index (χ0v) is 8.94. The third-order valence-electron chi connectivity index (χ3n) is 2.01. The van der Waals surface area contributed by atoms with E-state index in [4.69, 9.17) is 4.43 Å². The summed E-state index contributed by atoms with van der Waals surface area (Å²) in [5.74, 6) is 0. The Morgan fingerprint density at radius 1 is 1.25 bits per heavy atom. The first-order valence-electron chi connectivity index (χ1n) is 4.46. The van der Waals surface area contributed by atoms with Crippen molar-refractivity contribution in [1.29, 1.82) is 0 Å². The van der Waals surface area contributed by atoms with Gasteiger partial charge in [-0.3, -0.25) is 0 Å². The third kappa shape index (κ3) is 2.46. The number of hydrogen-bond acceptors (Lipinski definition) is 1. The molecule has 0 radical (unpaired) electrons. The molecule has 0 spiro atoms. The van der Waals surface area contributed by atoms with Crippen LogP contribution in [0.25, 0.3) is 0 Å². The molecular weight excluding hydrogens is 164 g/mol. The fourth-order valence-corrected chi connectivity index (χ4v) is 3.37. The summed E-state index contributed by atoms with van der Waals surface area (Å²) in [7, 11) is 0.762. The van der Waals surface area contributed by atoms with Gasteiger partial charge in [0.25, 0.3) is 0 Å². The predicted molar refractivity (Wildman–Crippen MR) is 55.3 cm³/mol. The van der Waals surface area contributed by atoms with Gasteiger partial charge < -0.3 is 4.43 Å². The number of benzene rings is 1. The van der Waals surface area contributed by atoms with E-state index in [1.165, 1.54) is 17.7 Å². The summed E-state index contributed by atoms with van der Waals surface area (Å²) in [6.07, 6.45) is 1.22. The Kier molecular flexibility index (Phi) is 4.04. The highest BCUT2D eigenvalue weighted by atomic mass is 28.3. The zero-order valence-electron chi connectivity index (χ0n) is 7.79. The van der Waals surface area contributed by atoms with Crippen LogP contribution in [0.2, 0.25) is 6.04 Å². The second-order valence-electron chi connectivity index (χ2n) is 2.92. The van der Waals surface area contributed by atoms with Gasteiger partial charge in [-0.25, -0.2) is 0 Å². The van der Waals surface area contributed by atoms with Gasteiger partial charge in [-0.05, 0) is 11.2 Å². The molecule has 2 heteroatoms. The fourth-order valence-electron chi connectivity index (χ4n) is 1.35. The van der Waals surface area contributed by atoms with Gasteiger partial charge in [0.05, 0.1) is 0 Å². The lowest BCUT2D eigenvalue weighted by molar-refractivity contribution is 0.428. The molecule has 0 aliphatic carbocycles. The molecule has 0 bridgehead atoms. The van der Waals surface area contributed by atoms with Crippen LogP contribution in [0.3, 0.4) is 0 Å². The Hall–Kier alpha value is -0.603. The minimum absolute atomic E-state index is 1.07. The molecule has 0 aliphatic heterocycles. The van der Waals surface area contributed by atoms with Gasteiger partial charge in [-0.1, -0.05) is 43.7 Å².